The number of aromatic nitrogens is 2. The van der Waals surface area contributed by atoms with E-state index in [1.807, 2.05) is 17.5 Å². The number of hydrogen-bond donors (Lipinski definition) is 1. The molecule has 0 spiro atoms. The summed E-state index contributed by atoms with van der Waals surface area (Å²) in [5.41, 5.74) is 0. The first-order valence-electron chi connectivity index (χ1n) is 7.85. The van der Waals surface area contributed by atoms with Crippen LogP contribution in [-0.2, 0) is 16.1 Å². The third-order valence-electron chi connectivity index (χ3n) is 4.02. The number of carbonyl (C=O) groups excluding carboxylic acids is 2. The fourth-order valence-electron chi connectivity index (χ4n) is 2.66. The van der Waals surface area contributed by atoms with Gasteiger partial charge in [0.15, 0.2) is 0 Å². The molecule has 2 aromatic rings. The Hall–Kier alpha value is -2.43. The molecule has 2 amide bonds. The predicted octanol–water partition coefficient (Wildman–Crippen LogP) is 2.22. The highest BCUT2D eigenvalue weighted by Crippen LogP contribution is 2.24. The van der Waals surface area contributed by atoms with Crippen molar-refractivity contribution in [3.05, 3.63) is 23.4 Å². The highest BCUT2D eigenvalue weighted by atomic mass is 32.1. The van der Waals surface area contributed by atoms with Crippen molar-refractivity contribution in [3.63, 3.8) is 0 Å². The van der Waals surface area contributed by atoms with Crippen LogP contribution in [0.3, 0.4) is 0 Å². The van der Waals surface area contributed by atoms with E-state index in [1.165, 1.54) is 11.3 Å². The van der Waals surface area contributed by atoms with Crippen LogP contribution in [0.4, 0.5) is 13.2 Å². The number of thiophene rings is 1. The standard InChI is InChI=1S/C15H15F3N4O3S/c16-15(17,18)14(24)22-5-3-9(4-6-22)13(23)19-8-11-20-12(21-25-11)10-2-1-7-26-10/h1-2,7,9H,3-6,8H2,(H,19,23). The van der Waals surface area contributed by atoms with Crippen molar-refractivity contribution in [2.75, 3.05) is 13.1 Å². The number of halogens is 3. The van der Waals surface area contributed by atoms with E-state index in [0.717, 1.165) is 9.78 Å². The Morgan fingerprint density at radius 1 is 1.35 bits per heavy atom. The van der Waals surface area contributed by atoms with Gasteiger partial charge in [-0.25, -0.2) is 0 Å². The lowest BCUT2D eigenvalue weighted by molar-refractivity contribution is -0.186. The van der Waals surface area contributed by atoms with Crippen molar-refractivity contribution >= 4 is 23.2 Å². The number of nitrogens with zero attached hydrogens (tertiary/aromatic N) is 3. The van der Waals surface area contributed by atoms with E-state index >= 15 is 0 Å². The molecular formula is C15H15F3N4O3S. The molecule has 26 heavy (non-hydrogen) atoms. The Kier molecular flexibility index (Phi) is 5.25. The van der Waals surface area contributed by atoms with Gasteiger partial charge in [0, 0.05) is 19.0 Å². The summed E-state index contributed by atoms with van der Waals surface area (Å²) < 4.78 is 42.3. The van der Waals surface area contributed by atoms with Crippen LogP contribution in [0.5, 0.6) is 0 Å². The summed E-state index contributed by atoms with van der Waals surface area (Å²) in [4.78, 5) is 29.1. The van der Waals surface area contributed by atoms with Crippen molar-refractivity contribution in [1.82, 2.24) is 20.4 Å². The first kappa shape index (κ1) is 18.4. The lowest BCUT2D eigenvalue weighted by atomic mass is 9.96. The minimum atomic E-state index is -4.88. The van der Waals surface area contributed by atoms with Crippen LogP contribution in [0, 0.1) is 5.92 Å². The summed E-state index contributed by atoms with van der Waals surface area (Å²) in [6, 6.07) is 3.70. The number of hydrogen-bond acceptors (Lipinski definition) is 6. The summed E-state index contributed by atoms with van der Waals surface area (Å²) in [5, 5.41) is 8.35. The van der Waals surface area contributed by atoms with Gasteiger partial charge in [-0.05, 0) is 24.3 Å². The van der Waals surface area contributed by atoms with E-state index in [4.69, 9.17) is 4.52 Å². The molecule has 0 saturated carbocycles. The number of piperidine rings is 1. The summed E-state index contributed by atoms with van der Waals surface area (Å²) in [6.07, 6.45) is -4.52. The monoisotopic (exact) mass is 388 g/mol. The Morgan fingerprint density at radius 2 is 2.08 bits per heavy atom. The van der Waals surface area contributed by atoms with Gasteiger partial charge < -0.3 is 14.7 Å². The fraction of sp³-hybridized carbons (Fsp3) is 0.467. The Labute approximate surface area is 150 Å². The fourth-order valence-corrected chi connectivity index (χ4v) is 3.31. The Bertz CT molecular complexity index is 767. The molecule has 1 aliphatic rings. The van der Waals surface area contributed by atoms with Gasteiger partial charge in [0.05, 0.1) is 11.4 Å². The molecule has 0 bridgehead atoms. The van der Waals surface area contributed by atoms with Gasteiger partial charge in [0.2, 0.25) is 17.6 Å². The number of carbonyl (C=O) groups is 2. The largest absolute Gasteiger partial charge is 0.471 e. The lowest BCUT2D eigenvalue weighted by Gasteiger charge is -2.31. The van der Waals surface area contributed by atoms with Crippen LogP contribution in [0.25, 0.3) is 10.7 Å². The zero-order chi connectivity index (χ0) is 18.7. The third kappa shape index (κ3) is 4.21. The van der Waals surface area contributed by atoms with E-state index in [2.05, 4.69) is 15.5 Å². The number of likely N-dealkylation sites (tertiary alicyclic amines) is 1. The van der Waals surface area contributed by atoms with Crippen molar-refractivity contribution in [1.29, 1.82) is 0 Å². The quantitative estimate of drug-likeness (QED) is 0.868. The molecule has 3 heterocycles. The molecule has 0 aromatic carbocycles. The lowest BCUT2D eigenvalue weighted by Crippen LogP contribution is -2.47. The number of rotatable bonds is 4. The molecule has 1 aliphatic heterocycles. The van der Waals surface area contributed by atoms with E-state index < -0.39 is 18.0 Å². The van der Waals surface area contributed by atoms with Crippen LogP contribution in [0.15, 0.2) is 22.0 Å². The van der Waals surface area contributed by atoms with Crippen molar-refractivity contribution < 1.29 is 27.3 Å². The maximum Gasteiger partial charge on any atom is 0.471 e. The maximum atomic E-state index is 12.4. The number of amides is 2. The smallest absolute Gasteiger partial charge is 0.347 e. The topological polar surface area (TPSA) is 88.3 Å². The second kappa shape index (κ2) is 7.44. The summed E-state index contributed by atoms with van der Waals surface area (Å²) >= 11 is 1.46. The third-order valence-corrected chi connectivity index (χ3v) is 4.88. The molecule has 1 saturated heterocycles. The maximum absolute atomic E-state index is 12.4. The SMILES string of the molecule is O=C(NCc1nc(-c2cccs2)no1)C1CCN(C(=O)C(F)(F)F)CC1. The van der Waals surface area contributed by atoms with Crippen LogP contribution in [0.2, 0.25) is 0 Å². The first-order chi connectivity index (χ1) is 12.3. The van der Waals surface area contributed by atoms with E-state index in [0.29, 0.717) is 5.82 Å². The van der Waals surface area contributed by atoms with Crippen LogP contribution < -0.4 is 5.32 Å². The van der Waals surface area contributed by atoms with Gasteiger partial charge in [-0.2, -0.15) is 18.2 Å². The summed E-state index contributed by atoms with van der Waals surface area (Å²) in [6.45, 7) is -0.155. The molecule has 1 fully saturated rings. The molecule has 1 N–H and O–H groups in total. The molecule has 0 aliphatic carbocycles. The zero-order valence-electron chi connectivity index (χ0n) is 13.5. The molecule has 140 valence electrons. The van der Waals surface area contributed by atoms with Gasteiger partial charge >= 0.3 is 12.1 Å². The Balaban J connectivity index is 1.47. The minimum absolute atomic E-state index is 0.0406. The van der Waals surface area contributed by atoms with Gasteiger partial charge in [-0.15, -0.1) is 11.3 Å². The number of nitrogens with one attached hydrogen (secondary N) is 1. The molecule has 0 radical (unpaired) electrons. The van der Waals surface area contributed by atoms with E-state index in [9.17, 15) is 22.8 Å². The van der Waals surface area contributed by atoms with Crippen molar-refractivity contribution in [2.24, 2.45) is 5.92 Å². The van der Waals surface area contributed by atoms with E-state index in [1.54, 1.807) is 0 Å². The second-order valence-corrected chi connectivity index (χ2v) is 6.72. The average molecular weight is 388 g/mol. The van der Waals surface area contributed by atoms with Crippen LogP contribution in [0.1, 0.15) is 18.7 Å². The highest BCUT2D eigenvalue weighted by molar-refractivity contribution is 7.13. The molecule has 7 nitrogen and oxygen atoms in total. The van der Waals surface area contributed by atoms with Crippen molar-refractivity contribution in [3.8, 4) is 10.7 Å². The molecule has 0 unspecified atom stereocenters. The highest BCUT2D eigenvalue weighted by Gasteiger charge is 2.43. The average Bonchev–Trinajstić information content (AvgIpc) is 3.29. The van der Waals surface area contributed by atoms with Gasteiger partial charge in [-0.3, -0.25) is 9.59 Å². The van der Waals surface area contributed by atoms with Crippen LogP contribution >= 0.6 is 11.3 Å². The molecule has 11 heteroatoms. The molecular weight excluding hydrogens is 373 g/mol. The van der Waals surface area contributed by atoms with Gasteiger partial charge in [-0.1, -0.05) is 11.2 Å². The zero-order valence-corrected chi connectivity index (χ0v) is 14.3. The summed E-state index contributed by atoms with van der Waals surface area (Å²) in [7, 11) is 0. The molecule has 2 aromatic heterocycles. The Morgan fingerprint density at radius 3 is 2.69 bits per heavy atom. The minimum Gasteiger partial charge on any atom is -0.347 e. The van der Waals surface area contributed by atoms with Gasteiger partial charge in [0.1, 0.15) is 0 Å². The molecule has 3 rings (SSSR count). The van der Waals surface area contributed by atoms with Gasteiger partial charge in [0.25, 0.3) is 0 Å². The second-order valence-electron chi connectivity index (χ2n) is 5.77. The normalized spacial score (nSPS) is 15.9. The number of alkyl halides is 3. The van der Waals surface area contributed by atoms with E-state index in [-0.39, 0.29) is 44.3 Å². The first-order valence-corrected chi connectivity index (χ1v) is 8.73. The van der Waals surface area contributed by atoms with Crippen molar-refractivity contribution in [2.45, 2.75) is 25.6 Å². The molecule has 0 atom stereocenters. The summed E-state index contributed by atoms with van der Waals surface area (Å²) in [5.74, 6) is -1.94. The van der Waals surface area contributed by atoms with Crippen LogP contribution in [-0.4, -0.2) is 46.1 Å². The predicted molar refractivity (Wildman–Crippen MR) is 84.8 cm³/mol.